The maximum atomic E-state index is 13.6. The van der Waals surface area contributed by atoms with Gasteiger partial charge < -0.3 is 20.4 Å². The second kappa shape index (κ2) is 10.9. The number of pyridine rings is 1. The highest BCUT2D eigenvalue weighted by Gasteiger charge is 2.25. The van der Waals surface area contributed by atoms with Crippen molar-refractivity contribution in [2.45, 2.75) is 18.9 Å². The zero-order valence-corrected chi connectivity index (χ0v) is 21.7. The predicted octanol–water partition coefficient (Wildman–Crippen LogP) is 3.38. The number of piperidine rings is 1. The first-order chi connectivity index (χ1) is 18.6. The van der Waals surface area contributed by atoms with Gasteiger partial charge >= 0.3 is 0 Å². The van der Waals surface area contributed by atoms with Gasteiger partial charge in [0.15, 0.2) is 5.13 Å². The average Bonchev–Trinajstić information content (AvgIpc) is 3.44. The molecule has 2 aliphatic rings. The highest BCUT2D eigenvalue weighted by atomic mass is 32.1. The molecule has 2 saturated heterocycles. The van der Waals surface area contributed by atoms with Crippen LogP contribution in [-0.4, -0.2) is 64.8 Å². The van der Waals surface area contributed by atoms with Crippen molar-refractivity contribution >= 4 is 28.8 Å². The average molecular weight is 533 g/mol. The number of hydrogen-bond acceptors (Lipinski definition) is 9. The lowest BCUT2D eigenvalue weighted by Gasteiger charge is -2.37. The van der Waals surface area contributed by atoms with Crippen molar-refractivity contribution in [1.29, 1.82) is 0 Å². The summed E-state index contributed by atoms with van der Waals surface area (Å²) in [6.07, 6.45) is 5.77. The van der Waals surface area contributed by atoms with Gasteiger partial charge in [-0.3, -0.25) is 9.78 Å². The third-order valence-electron chi connectivity index (χ3n) is 6.95. The molecule has 9 nitrogen and oxygen atoms in total. The summed E-state index contributed by atoms with van der Waals surface area (Å²) < 4.78 is 15.0. The molecule has 1 aromatic carbocycles. The molecular formula is C27H29FN8OS. The number of halogens is 1. The number of anilines is 3. The minimum atomic E-state index is -0.298. The lowest BCUT2D eigenvalue weighted by molar-refractivity contribution is 0.478. The van der Waals surface area contributed by atoms with Crippen LogP contribution < -0.4 is 26.0 Å². The summed E-state index contributed by atoms with van der Waals surface area (Å²) >= 11 is 1.38. The van der Waals surface area contributed by atoms with E-state index in [0.717, 1.165) is 50.3 Å². The van der Waals surface area contributed by atoms with E-state index in [1.165, 1.54) is 23.5 Å². The summed E-state index contributed by atoms with van der Waals surface area (Å²) in [6, 6.07) is 12.0. The summed E-state index contributed by atoms with van der Waals surface area (Å²) in [5.41, 5.74) is 2.39. The lowest BCUT2D eigenvalue weighted by Crippen LogP contribution is -2.48. The van der Waals surface area contributed by atoms with E-state index in [2.05, 4.69) is 31.5 Å². The molecule has 0 bridgehead atoms. The van der Waals surface area contributed by atoms with E-state index in [0.29, 0.717) is 35.7 Å². The summed E-state index contributed by atoms with van der Waals surface area (Å²) in [5.74, 6) is 0.864. The van der Waals surface area contributed by atoms with Crippen molar-refractivity contribution in [3.63, 3.8) is 0 Å². The molecule has 196 valence electrons. The summed E-state index contributed by atoms with van der Waals surface area (Å²) in [4.78, 5) is 32.0. The number of aromatic nitrogens is 4. The molecule has 0 saturated carbocycles. The quantitative estimate of drug-likeness (QED) is 0.391. The molecule has 6 rings (SSSR count). The smallest absolute Gasteiger partial charge is 0.263 e. The van der Waals surface area contributed by atoms with Gasteiger partial charge in [0, 0.05) is 62.0 Å². The monoisotopic (exact) mass is 532 g/mol. The third kappa shape index (κ3) is 5.25. The van der Waals surface area contributed by atoms with Crippen molar-refractivity contribution in [3.05, 3.63) is 76.4 Å². The maximum absolute atomic E-state index is 13.6. The molecular weight excluding hydrogens is 503 g/mol. The Morgan fingerprint density at radius 1 is 1.05 bits per heavy atom. The minimum absolute atomic E-state index is 0.184. The molecule has 0 spiro atoms. The Bertz CT molecular complexity index is 1430. The van der Waals surface area contributed by atoms with Gasteiger partial charge in [0.05, 0.1) is 17.6 Å². The van der Waals surface area contributed by atoms with Gasteiger partial charge in [-0.15, -0.1) is 11.3 Å². The molecule has 0 unspecified atom stereocenters. The Morgan fingerprint density at radius 2 is 1.87 bits per heavy atom. The summed E-state index contributed by atoms with van der Waals surface area (Å²) in [7, 11) is 0. The second-order valence-corrected chi connectivity index (χ2v) is 10.3. The zero-order chi connectivity index (χ0) is 25.9. The first kappa shape index (κ1) is 24.5. The molecule has 5 heterocycles. The molecule has 11 heteroatoms. The lowest BCUT2D eigenvalue weighted by atomic mass is 10.1. The van der Waals surface area contributed by atoms with Gasteiger partial charge in [0.2, 0.25) is 5.95 Å². The van der Waals surface area contributed by atoms with Crippen LogP contribution in [-0.2, 0) is 0 Å². The van der Waals surface area contributed by atoms with E-state index in [-0.39, 0.29) is 17.4 Å². The Balaban J connectivity index is 1.32. The molecule has 2 fully saturated rings. The van der Waals surface area contributed by atoms with Crippen LogP contribution in [0.15, 0.2) is 65.0 Å². The predicted molar refractivity (Wildman–Crippen MR) is 149 cm³/mol. The molecule has 2 aliphatic heterocycles. The molecule has 0 amide bonds. The maximum Gasteiger partial charge on any atom is 0.263 e. The Kier molecular flexibility index (Phi) is 7.02. The van der Waals surface area contributed by atoms with E-state index < -0.39 is 0 Å². The van der Waals surface area contributed by atoms with Crippen LogP contribution in [0.1, 0.15) is 12.8 Å². The molecule has 1 atom stereocenters. The van der Waals surface area contributed by atoms with Gasteiger partial charge in [0.1, 0.15) is 11.6 Å². The van der Waals surface area contributed by atoms with Crippen LogP contribution >= 0.6 is 11.3 Å². The van der Waals surface area contributed by atoms with Crippen LogP contribution in [0.3, 0.4) is 0 Å². The molecule has 4 aromatic rings. The number of hydrogen-bond donors (Lipinski definition) is 2. The number of piperazine rings is 1. The minimum Gasteiger partial charge on any atom is -0.367 e. The SMILES string of the molecule is O=c1cc(N[C@@H]2CCCNC2)nc(N2CCN(c3cccnc3)CC2)n1-c1nc(-c2ccc(F)cc2)cs1. The van der Waals surface area contributed by atoms with Crippen molar-refractivity contribution in [2.24, 2.45) is 0 Å². The fourth-order valence-electron chi connectivity index (χ4n) is 4.95. The van der Waals surface area contributed by atoms with Crippen molar-refractivity contribution in [2.75, 3.05) is 54.4 Å². The summed E-state index contributed by atoms with van der Waals surface area (Å²) in [5, 5.41) is 9.29. The fraction of sp³-hybridized carbons (Fsp3) is 0.333. The van der Waals surface area contributed by atoms with E-state index >= 15 is 0 Å². The van der Waals surface area contributed by atoms with E-state index in [9.17, 15) is 9.18 Å². The molecule has 0 aliphatic carbocycles. The first-order valence-electron chi connectivity index (χ1n) is 12.9. The Labute approximate surface area is 224 Å². The molecule has 0 radical (unpaired) electrons. The Morgan fingerprint density at radius 3 is 2.61 bits per heavy atom. The standard InChI is InChI=1S/C27H29FN8OS/c28-20-7-5-19(6-8-20)23-18-38-27(32-23)36-25(37)15-24(31-21-3-1-9-29-16-21)33-26(36)35-13-11-34(12-14-35)22-4-2-10-30-17-22/h2,4-8,10,15,17-18,21,29,31H,1,3,9,11-14,16H2/t21-/m1/s1. The second-order valence-electron chi connectivity index (χ2n) is 9.51. The van der Waals surface area contributed by atoms with E-state index in [1.54, 1.807) is 29.0 Å². The fourth-order valence-corrected chi connectivity index (χ4v) is 5.78. The number of rotatable bonds is 6. The van der Waals surface area contributed by atoms with Crippen LogP contribution in [0, 0.1) is 5.82 Å². The van der Waals surface area contributed by atoms with Crippen molar-refractivity contribution < 1.29 is 4.39 Å². The number of nitrogens with one attached hydrogen (secondary N) is 2. The number of nitrogens with zero attached hydrogens (tertiary/aromatic N) is 6. The van der Waals surface area contributed by atoms with Gasteiger partial charge in [-0.1, -0.05) is 0 Å². The highest BCUT2D eigenvalue weighted by Crippen LogP contribution is 2.27. The molecule has 2 N–H and O–H groups in total. The van der Waals surface area contributed by atoms with Gasteiger partial charge in [-0.05, 0) is 55.8 Å². The number of benzene rings is 1. The van der Waals surface area contributed by atoms with Crippen LogP contribution in [0.4, 0.5) is 21.8 Å². The van der Waals surface area contributed by atoms with Gasteiger partial charge in [0.25, 0.3) is 5.56 Å². The zero-order valence-electron chi connectivity index (χ0n) is 20.9. The van der Waals surface area contributed by atoms with Crippen LogP contribution in [0.25, 0.3) is 16.4 Å². The highest BCUT2D eigenvalue weighted by molar-refractivity contribution is 7.12. The van der Waals surface area contributed by atoms with E-state index in [1.807, 2.05) is 17.6 Å². The van der Waals surface area contributed by atoms with Crippen molar-refractivity contribution in [1.82, 2.24) is 24.8 Å². The molecule has 3 aromatic heterocycles. The normalized spacial score (nSPS) is 18.0. The third-order valence-corrected chi connectivity index (χ3v) is 7.77. The van der Waals surface area contributed by atoms with Gasteiger partial charge in [-0.25, -0.2) is 13.9 Å². The van der Waals surface area contributed by atoms with E-state index in [4.69, 9.17) is 9.97 Å². The number of thiazole rings is 1. The largest absolute Gasteiger partial charge is 0.367 e. The van der Waals surface area contributed by atoms with Crippen LogP contribution in [0.5, 0.6) is 0 Å². The first-order valence-corrected chi connectivity index (χ1v) is 13.8. The van der Waals surface area contributed by atoms with Crippen molar-refractivity contribution in [3.8, 4) is 16.4 Å². The Hall–Kier alpha value is -3.83. The van der Waals surface area contributed by atoms with Gasteiger partial charge in [-0.2, -0.15) is 4.98 Å². The summed E-state index contributed by atoms with van der Waals surface area (Å²) in [6.45, 7) is 4.82. The topological polar surface area (TPSA) is 91.2 Å². The van der Waals surface area contributed by atoms with Crippen LogP contribution in [0.2, 0.25) is 0 Å². The molecule has 38 heavy (non-hydrogen) atoms.